The monoisotopic (exact) mass is 721 g/mol. The highest BCUT2D eigenvalue weighted by Crippen LogP contribution is 2.45. The van der Waals surface area contributed by atoms with Crippen LogP contribution in [0.15, 0.2) is 40.5 Å². The van der Waals surface area contributed by atoms with Crippen molar-refractivity contribution in [1.82, 2.24) is 29.3 Å². The number of aryl methyl sites for hydroxylation is 2. The molecule has 10 nitrogen and oxygen atoms in total. The summed E-state index contributed by atoms with van der Waals surface area (Å²) in [5, 5.41) is 9.14. The van der Waals surface area contributed by atoms with E-state index in [1.807, 2.05) is 4.90 Å². The van der Waals surface area contributed by atoms with Crippen molar-refractivity contribution in [1.29, 1.82) is 0 Å². The molecule has 3 aromatic heterocycles. The Kier molecular flexibility index (Phi) is 8.57. The van der Waals surface area contributed by atoms with Crippen LogP contribution in [0.2, 0.25) is 0 Å². The molecule has 3 aromatic rings. The minimum absolute atomic E-state index is 0.0836. The number of aromatic nitrogens is 5. The fourth-order valence-corrected chi connectivity index (χ4v) is 7.46. The van der Waals surface area contributed by atoms with Gasteiger partial charge in [0.2, 0.25) is 0 Å². The van der Waals surface area contributed by atoms with E-state index < -0.39 is 25.3 Å². The van der Waals surface area contributed by atoms with Gasteiger partial charge in [-0.2, -0.15) is 19.0 Å². The molecular weight excluding hydrogens is 687 g/mol. The van der Waals surface area contributed by atoms with E-state index in [0.717, 1.165) is 29.0 Å². The number of nitrogens with zero attached hydrogens (tertiary/aromatic N) is 6. The lowest BCUT2D eigenvalue weighted by molar-refractivity contribution is 0.0164. The fourth-order valence-electron chi connectivity index (χ4n) is 4.83. The summed E-state index contributed by atoms with van der Waals surface area (Å²) in [5.41, 5.74) is -1.21. The number of nitrogens with one attached hydrogen (secondary N) is 1. The number of rotatable bonds is 9. The third-order valence-electron chi connectivity index (χ3n) is 7.07. The maximum Gasteiger partial charge on any atom is 0.302 e. The Morgan fingerprint density at radius 1 is 1.24 bits per heavy atom. The predicted molar refractivity (Wildman–Crippen MR) is 163 cm³/mol. The summed E-state index contributed by atoms with van der Waals surface area (Å²) in [5.74, 6) is 0.408. The van der Waals surface area contributed by atoms with E-state index in [2.05, 4.69) is 35.7 Å². The van der Waals surface area contributed by atoms with E-state index in [4.69, 9.17) is 4.98 Å². The van der Waals surface area contributed by atoms with Gasteiger partial charge in [0.05, 0.1) is 11.3 Å². The molecule has 1 amide bonds. The summed E-state index contributed by atoms with van der Waals surface area (Å²) in [6.45, 7) is 11.4. The highest BCUT2D eigenvalue weighted by molar-refractivity contribution is 14.1. The number of sulfonamides is 1. The topological polar surface area (TPSA) is 115 Å². The molecule has 1 aliphatic heterocycles. The number of pyridine rings is 1. The smallest absolute Gasteiger partial charge is 0.302 e. The van der Waals surface area contributed by atoms with Crippen molar-refractivity contribution in [2.45, 2.75) is 67.4 Å². The molecule has 1 saturated heterocycles. The van der Waals surface area contributed by atoms with Crippen LogP contribution < -0.4 is 9.62 Å². The molecule has 1 fully saturated rings. The first-order valence-electron chi connectivity index (χ1n) is 12.9. The number of halogens is 3. The van der Waals surface area contributed by atoms with Gasteiger partial charge in [0.25, 0.3) is 15.9 Å². The van der Waals surface area contributed by atoms with Gasteiger partial charge in [-0.3, -0.25) is 9.48 Å². The number of thioether (sulfide) groups is 1. The van der Waals surface area contributed by atoms with Crippen LogP contribution in [0.4, 0.5) is 14.6 Å². The zero-order valence-corrected chi connectivity index (χ0v) is 27.7. The number of amides is 1. The standard InChI is InChI=1S/C26H34F2IN7O3S2/c1-16-12-25(5,6)35(13-16)22-18(23(37)33-41(38,39)19-14-34(7)31-17(19)2)8-9-20(30-22)36-11-10-21(32-36)40-15-24(3,4)26(27,28)29/h8-11,14,16H,12-13,15H2,1-7H3,(H,33,37)/t16-/m0/s1. The fraction of sp³-hybridized carbons (Fsp3) is 0.538. The second-order valence-electron chi connectivity index (χ2n) is 11.7. The summed E-state index contributed by atoms with van der Waals surface area (Å²) in [6, 6.07) is 4.84. The van der Waals surface area contributed by atoms with Gasteiger partial charge in [0.15, 0.2) is 5.82 Å². The third-order valence-corrected chi connectivity index (χ3v) is 11.3. The van der Waals surface area contributed by atoms with E-state index in [-0.39, 0.29) is 27.4 Å². The van der Waals surface area contributed by atoms with Crippen molar-refractivity contribution in [2.24, 2.45) is 18.4 Å². The van der Waals surface area contributed by atoms with Crippen LogP contribution in [-0.2, 0) is 17.1 Å². The van der Waals surface area contributed by atoms with Crippen molar-refractivity contribution in [3.05, 3.63) is 41.9 Å². The van der Waals surface area contributed by atoms with Crippen molar-refractivity contribution in [3.8, 4) is 5.82 Å². The SMILES string of the molecule is Cc1nn(C)cc1S(=O)(=O)NC(=O)c1ccc(-n2ccc(SCC(C)(C)C(F)(F)I)n2)nc1N1C[C@@H](C)CC1(C)C. The Morgan fingerprint density at radius 3 is 2.49 bits per heavy atom. The largest absolute Gasteiger partial charge is 0.350 e. The summed E-state index contributed by atoms with van der Waals surface area (Å²) in [4.78, 5) is 20.2. The lowest BCUT2D eigenvalue weighted by Crippen LogP contribution is -2.41. The number of carbonyl (C=O) groups is 1. The van der Waals surface area contributed by atoms with Gasteiger partial charge in [-0.15, -0.1) is 11.8 Å². The van der Waals surface area contributed by atoms with Crippen LogP contribution in [0.25, 0.3) is 5.82 Å². The highest BCUT2D eigenvalue weighted by Gasteiger charge is 2.44. The molecule has 0 aromatic carbocycles. The predicted octanol–water partition coefficient (Wildman–Crippen LogP) is 5.20. The van der Waals surface area contributed by atoms with E-state index in [1.54, 1.807) is 32.3 Å². The Hall–Kier alpha value is -2.27. The number of carbonyl (C=O) groups excluding carboxylic acids is 1. The number of alkyl halides is 3. The number of hydrogen-bond acceptors (Lipinski definition) is 8. The highest BCUT2D eigenvalue weighted by atomic mass is 127. The third kappa shape index (κ3) is 6.71. The Balaban J connectivity index is 1.68. The number of anilines is 1. The minimum atomic E-state index is -4.19. The van der Waals surface area contributed by atoms with Gasteiger partial charge in [-0.25, -0.2) is 22.8 Å². The van der Waals surface area contributed by atoms with Gasteiger partial charge >= 0.3 is 3.93 Å². The van der Waals surface area contributed by atoms with Crippen LogP contribution in [0, 0.1) is 18.3 Å². The molecule has 41 heavy (non-hydrogen) atoms. The molecule has 4 heterocycles. The average molecular weight is 722 g/mol. The van der Waals surface area contributed by atoms with Crippen LogP contribution in [0.1, 0.15) is 57.1 Å². The second kappa shape index (κ2) is 11.1. The molecule has 0 bridgehead atoms. The molecule has 0 unspecified atom stereocenters. The molecular formula is C26H34F2IN7O3S2. The minimum Gasteiger partial charge on any atom is -0.350 e. The van der Waals surface area contributed by atoms with Crippen molar-refractivity contribution in [3.63, 3.8) is 0 Å². The van der Waals surface area contributed by atoms with Crippen molar-refractivity contribution in [2.75, 3.05) is 17.2 Å². The van der Waals surface area contributed by atoms with Gasteiger partial charge in [-0.1, -0.05) is 20.8 Å². The Labute approximate surface area is 256 Å². The molecule has 0 radical (unpaired) electrons. The molecule has 4 rings (SSSR count). The maximum absolute atomic E-state index is 13.9. The van der Waals surface area contributed by atoms with Crippen LogP contribution in [0.5, 0.6) is 0 Å². The van der Waals surface area contributed by atoms with E-state index in [1.165, 1.54) is 47.2 Å². The first kappa shape index (κ1) is 31.7. The number of hydrogen-bond donors (Lipinski definition) is 1. The molecule has 0 aliphatic carbocycles. The van der Waals surface area contributed by atoms with Crippen molar-refractivity contribution >= 4 is 56.1 Å². The summed E-state index contributed by atoms with van der Waals surface area (Å²) < 4.78 is 56.2. The van der Waals surface area contributed by atoms with E-state index >= 15 is 0 Å². The molecule has 224 valence electrons. The molecule has 1 atom stereocenters. The summed E-state index contributed by atoms with van der Waals surface area (Å²) in [6.07, 6.45) is 3.87. The normalized spacial score (nSPS) is 17.7. The Bertz CT molecular complexity index is 1560. The first-order chi connectivity index (χ1) is 18.8. The van der Waals surface area contributed by atoms with Gasteiger partial charge in [-0.05, 0) is 73.9 Å². The van der Waals surface area contributed by atoms with Crippen LogP contribution in [0.3, 0.4) is 0 Å². The molecule has 1 N–H and O–H groups in total. The Morgan fingerprint density at radius 2 is 1.93 bits per heavy atom. The van der Waals surface area contributed by atoms with Crippen molar-refractivity contribution < 1.29 is 22.0 Å². The van der Waals surface area contributed by atoms with Gasteiger partial charge < -0.3 is 4.90 Å². The molecule has 1 aliphatic rings. The van der Waals surface area contributed by atoms with Gasteiger partial charge in [0, 0.05) is 42.7 Å². The average Bonchev–Trinajstić information content (AvgIpc) is 3.52. The first-order valence-corrected chi connectivity index (χ1v) is 16.5. The van der Waals surface area contributed by atoms with Crippen LogP contribution >= 0.6 is 34.4 Å². The maximum atomic E-state index is 13.9. The summed E-state index contributed by atoms with van der Waals surface area (Å²) >= 11 is 2.39. The molecule has 0 spiro atoms. The lowest BCUT2D eigenvalue weighted by atomic mass is 9.97. The zero-order chi connectivity index (χ0) is 30.5. The molecule has 15 heteroatoms. The van der Waals surface area contributed by atoms with E-state index in [9.17, 15) is 22.0 Å². The van der Waals surface area contributed by atoms with Gasteiger partial charge in [0.1, 0.15) is 15.7 Å². The van der Waals surface area contributed by atoms with Crippen LogP contribution in [-0.4, -0.2) is 60.6 Å². The quantitative estimate of drug-likeness (QED) is 0.182. The van der Waals surface area contributed by atoms with E-state index in [0.29, 0.717) is 29.1 Å². The lowest BCUT2D eigenvalue weighted by Gasteiger charge is -2.34. The summed E-state index contributed by atoms with van der Waals surface area (Å²) in [7, 11) is -2.59. The molecule has 0 saturated carbocycles. The second-order valence-corrected chi connectivity index (χ2v) is 15.7. The zero-order valence-electron chi connectivity index (χ0n) is 23.9.